The lowest BCUT2D eigenvalue weighted by atomic mass is 10.1. The predicted octanol–water partition coefficient (Wildman–Crippen LogP) is 2.54. The number of hydrogen-bond donors (Lipinski definition) is 1. The highest BCUT2D eigenvalue weighted by atomic mass is 16.6. The molecular formula is C16H16N4O4. The van der Waals surface area contributed by atoms with Crippen LogP contribution in [0.4, 0.5) is 5.69 Å². The Balaban J connectivity index is 2.19. The number of hydrazone groups is 1. The van der Waals surface area contributed by atoms with E-state index >= 15 is 0 Å². The second kappa shape index (κ2) is 7.82. The van der Waals surface area contributed by atoms with Crippen LogP contribution in [-0.2, 0) is 0 Å². The maximum Gasteiger partial charge on any atom is 0.311 e. The highest BCUT2D eigenvalue weighted by Crippen LogP contribution is 2.28. The summed E-state index contributed by atoms with van der Waals surface area (Å²) in [7, 11) is 0. The number of ether oxygens (including phenoxy) is 1. The summed E-state index contributed by atoms with van der Waals surface area (Å²) in [6.45, 7) is 3.72. The predicted molar refractivity (Wildman–Crippen MR) is 88.2 cm³/mol. The maximum absolute atomic E-state index is 11.9. The van der Waals surface area contributed by atoms with Crippen molar-refractivity contribution in [3.63, 3.8) is 0 Å². The summed E-state index contributed by atoms with van der Waals surface area (Å²) in [5, 5.41) is 15.1. The quantitative estimate of drug-likeness (QED) is 0.498. The van der Waals surface area contributed by atoms with Crippen molar-refractivity contribution in [3.05, 3.63) is 64.0 Å². The van der Waals surface area contributed by atoms with Gasteiger partial charge < -0.3 is 4.74 Å². The molecule has 2 rings (SSSR count). The molecule has 0 spiro atoms. The van der Waals surface area contributed by atoms with E-state index < -0.39 is 10.8 Å². The normalized spacial score (nSPS) is 11.0. The Kier molecular flexibility index (Phi) is 5.56. The first-order valence-corrected chi connectivity index (χ1v) is 7.19. The topological polar surface area (TPSA) is 107 Å². The minimum Gasteiger partial charge on any atom is -0.487 e. The zero-order valence-corrected chi connectivity index (χ0v) is 13.2. The summed E-state index contributed by atoms with van der Waals surface area (Å²) in [6, 6.07) is 7.77. The van der Waals surface area contributed by atoms with Gasteiger partial charge in [0.05, 0.1) is 22.8 Å². The first-order chi connectivity index (χ1) is 11.5. The average molecular weight is 328 g/mol. The molecule has 1 N–H and O–H groups in total. The lowest BCUT2D eigenvalue weighted by Crippen LogP contribution is -2.19. The number of amides is 1. The van der Waals surface area contributed by atoms with Crippen LogP contribution in [0.15, 0.2) is 47.8 Å². The van der Waals surface area contributed by atoms with Crippen LogP contribution in [-0.4, -0.2) is 28.1 Å². The molecule has 0 saturated heterocycles. The number of carbonyl (C=O) groups is 1. The van der Waals surface area contributed by atoms with Crippen LogP contribution in [0.5, 0.6) is 5.75 Å². The first-order valence-electron chi connectivity index (χ1n) is 7.19. The van der Waals surface area contributed by atoms with Crippen LogP contribution in [0.25, 0.3) is 0 Å². The fourth-order valence-electron chi connectivity index (χ4n) is 1.92. The third-order valence-electron chi connectivity index (χ3n) is 3.12. The van der Waals surface area contributed by atoms with Crippen molar-refractivity contribution in [3.8, 4) is 5.75 Å². The van der Waals surface area contributed by atoms with Crippen molar-refractivity contribution >= 4 is 17.3 Å². The minimum atomic E-state index is -0.518. The lowest BCUT2D eigenvalue weighted by Gasteiger charge is -2.07. The van der Waals surface area contributed by atoms with Gasteiger partial charge in [-0.3, -0.25) is 19.9 Å². The van der Waals surface area contributed by atoms with Gasteiger partial charge in [0.25, 0.3) is 5.91 Å². The van der Waals surface area contributed by atoms with Gasteiger partial charge in [0.2, 0.25) is 0 Å². The summed E-state index contributed by atoms with van der Waals surface area (Å²) < 4.78 is 5.23. The molecule has 0 aliphatic carbocycles. The smallest absolute Gasteiger partial charge is 0.311 e. The summed E-state index contributed by atoms with van der Waals surface area (Å²) in [5.41, 5.74) is 3.55. The number of nitro benzene ring substituents is 1. The summed E-state index contributed by atoms with van der Waals surface area (Å²) >= 11 is 0. The van der Waals surface area contributed by atoms with Crippen LogP contribution in [0, 0.1) is 10.1 Å². The lowest BCUT2D eigenvalue weighted by molar-refractivity contribution is -0.385. The molecule has 2 aromatic rings. The highest BCUT2D eigenvalue weighted by Gasteiger charge is 2.16. The van der Waals surface area contributed by atoms with Gasteiger partial charge >= 0.3 is 5.69 Å². The van der Waals surface area contributed by atoms with Gasteiger partial charge in [-0.05, 0) is 38.1 Å². The van der Waals surface area contributed by atoms with E-state index in [0.29, 0.717) is 23.4 Å². The van der Waals surface area contributed by atoms with Gasteiger partial charge in [-0.2, -0.15) is 5.10 Å². The van der Waals surface area contributed by atoms with Crippen LogP contribution in [0.2, 0.25) is 0 Å². The SMILES string of the molecule is CCOc1ccc(/C(C)=N\NC(=O)c2cccnc2)cc1[N+](=O)[O-]. The number of nitrogens with one attached hydrogen (secondary N) is 1. The van der Waals surface area contributed by atoms with E-state index in [1.165, 1.54) is 18.3 Å². The van der Waals surface area contributed by atoms with E-state index in [9.17, 15) is 14.9 Å². The van der Waals surface area contributed by atoms with Crippen molar-refractivity contribution in [2.45, 2.75) is 13.8 Å². The number of pyridine rings is 1. The third kappa shape index (κ3) is 4.13. The molecule has 1 aromatic heterocycles. The second-order valence-electron chi connectivity index (χ2n) is 4.75. The summed E-state index contributed by atoms with van der Waals surface area (Å²) in [4.78, 5) is 26.4. The number of nitro groups is 1. The number of benzene rings is 1. The van der Waals surface area contributed by atoms with Crippen LogP contribution < -0.4 is 10.2 Å². The van der Waals surface area contributed by atoms with Crippen molar-refractivity contribution in [1.29, 1.82) is 0 Å². The van der Waals surface area contributed by atoms with E-state index in [2.05, 4.69) is 15.5 Å². The maximum atomic E-state index is 11.9. The summed E-state index contributed by atoms with van der Waals surface area (Å²) in [6.07, 6.45) is 2.98. The molecule has 1 amide bonds. The van der Waals surface area contributed by atoms with E-state index in [0.717, 1.165) is 0 Å². The Hall–Kier alpha value is -3.29. The standard InChI is InChI=1S/C16H16N4O4/c1-3-24-15-7-6-12(9-14(15)20(22)23)11(2)18-19-16(21)13-5-4-8-17-10-13/h4-10H,3H2,1-2H3,(H,19,21)/b18-11-. The van der Waals surface area contributed by atoms with Crippen molar-refractivity contribution in [2.75, 3.05) is 6.61 Å². The highest BCUT2D eigenvalue weighted by molar-refractivity contribution is 6.01. The molecule has 0 bridgehead atoms. The van der Waals surface area contributed by atoms with Gasteiger partial charge in [-0.15, -0.1) is 0 Å². The van der Waals surface area contributed by atoms with Gasteiger partial charge in [0.15, 0.2) is 5.75 Å². The molecule has 0 unspecified atom stereocenters. The molecule has 8 heteroatoms. The zero-order valence-electron chi connectivity index (χ0n) is 13.2. The molecule has 1 aromatic carbocycles. The Morgan fingerprint density at radius 3 is 2.79 bits per heavy atom. The summed E-state index contributed by atoms with van der Waals surface area (Å²) in [5.74, 6) is -0.221. The monoisotopic (exact) mass is 328 g/mol. The Labute approximate surface area is 138 Å². The largest absolute Gasteiger partial charge is 0.487 e. The second-order valence-corrected chi connectivity index (χ2v) is 4.75. The Morgan fingerprint density at radius 2 is 2.17 bits per heavy atom. The zero-order chi connectivity index (χ0) is 17.5. The molecule has 0 aliphatic heterocycles. The minimum absolute atomic E-state index is 0.150. The molecule has 0 fully saturated rings. The third-order valence-corrected chi connectivity index (χ3v) is 3.12. The molecule has 1 heterocycles. The molecule has 0 saturated carbocycles. The number of rotatable bonds is 6. The van der Waals surface area contributed by atoms with Crippen molar-refractivity contribution < 1.29 is 14.5 Å². The fourth-order valence-corrected chi connectivity index (χ4v) is 1.92. The van der Waals surface area contributed by atoms with Crippen LogP contribution in [0.3, 0.4) is 0 Å². The van der Waals surface area contributed by atoms with Crippen LogP contribution in [0.1, 0.15) is 29.8 Å². The first kappa shape index (κ1) is 17.1. The number of carbonyl (C=O) groups excluding carboxylic acids is 1. The Morgan fingerprint density at radius 1 is 1.38 bits per heavy atom. The van der Waals surface area contributed by atoms with Crippen molar-refractivity contribution in [1.82, 2.24) is 10.4 Å². The molecular weight excluding hydrogens is 312 g/mol. The molecule has 24 heavy (non-hydrogen) atoms. The van der Waals surface area contributed by atoms with Crippen LogP contribution >= 0.6 is 0 Å². The molecule has 124 valence electrons. The molecule has 0 atom stereocenters. The van der Waals surface area contributed by atoms with Crippen molar-refractivity contribution in [2.24, 2.45) is 5.10 Å². The number of hydrogen-bond acceptors (Lipinski definition) is 6. The van der Waals surface area contributed by atoms with Gasteiger partial charge in [0.1, 0.15) is 0 Å². The number of nitrogens with zero attached hydrogens (tertiary/aromatic N) is 3. The molecule has 8 nitrogen and oxygen atoms in total. The van der Waals surface area contributed by atoms with E-state index in [4.69, 9.17) is 4.74 Å². The fraction of sp³-hybridized carbons (Fsp3) is 0.188. The average Bonchev–Trinajstić information content (AvgIpc) is 2.60. The van der Waals surface area contributed by atoms with Gasteiger partial charge in [-0.1, -0.05) is 0 Å². The van der Waals surface area contributed by atoms with Gasteiger partial charge in [0, 0.05) is 24.0 Å². The van der Waals surface area contributed by atoms with E-state index in [1.54, 1.807) is 38.2 Å². The van der Waals surface area contributed by atoms with E-state index in [-0.39, 0.29) is 11.4 Å². The Bertz CT molecular complexity index is 775. The van der Waals surface area contributed by atoms with E-state index in [1.807, 2.05) is 0 Å². The van der Waals surface area contributed by atoms with Gasteiger partial charge in [-0.25, -0.2) is 5.43 Å². The molecule has 0 aliphatic rings. The number of aromatic nitrogens is 1. The molecule has 0 radical (unpaired) electrons.